The van der Waals surface area contributed by atoms with Crippen LogP contribution in [-0.4, -0.2) is 5.11 Å². The molecule has 2 aliphatic rings. The van der Waals surface area contributed by atoms with Crippen molar-refractivity contribution in [3.8, 4) is 0 Å². The minimum Gasteiger partial charge on any atom is -0.388 e. The molecule has 2 aliphatic carbocycles. The van der Waals surface area contributed by atoms with Crippen LogP contribution >= 0.6 is 0 Å². The zero-order chi connectivity index (χ0) is 12.5. The number of aliphatic hydroxyl groups is 1. The van der Waals surface area contributed by atoms with Crippen LogP contribution in [0.2, 0.25) is 0 Å². The van der Waals surface area contributed by atoms with E-state index < -0.39 is 0 Å². The highest BCUT2D eigenvalue weighted by molar-refractivity contribution is 5.25. The monoisotopic (exact) mass is 244 g/mol. The Morgan fingerprint density at radius 2 is 2.17 bits per heavy atom. The van der Waals surface area contributed by atoms with Gasteiger partial charge in [0.15, 0.2) is 0 Å². The SMILES string of the molecule is CCc1cccc(C(O)CC2CC3CCC2C3)c1. The zero-order valence-electron chi connectivity index (χ0n) is 11.3. The van der Waals surface area contributed by atoms with E-state index in [1.54, 1.807) is 0 Å². The van der Waals surface area contributed by atoms with Crippen LogP contribution < -0.4 is 0 Å². The van der Waals surface area contributed by atoms with Gasteiger partial charge in [-0.25, -0.2) is 0 Å². The maximum Gasteiger partial charge on any atom is 0.0792 e. The van der Waals surface area contributed by atoms with E-state index in [0.29, 0.717) is 0 Å². The molecule has 3 rings (SSSR count). The second kappa shape index (κ2) is 5.05. The Morgan fingerprint density at radius 3 is 2.83 bits per heavy atom. The zero-order valence-corrected chi connectivity index (χ0v) is 11.3. The van der Waals surface area contributed by atoms with Gasteiger partial charge in [-0.15, -0.1) is 0 Å². The van der Waals surface area contributed by atoms with Gasteiger partial charge in [-0.05, 0) is 61.0 Å². The lowest BCUT2D eigenvalue weighted by molar-refractivity contribution is 0.125. The van der Waals surface area contributed by atoms with E-state index in [1.807, 2.05) is 0 Å². The molecule has 2 bridgehead atoms. The Labute approximate surface area is 110 Å². The van der Waals surface area contributed by atoms with Crippen LogP contribution in [0.25, 0.3) is 0 Å². The molecule has 0 heterocycles. The Balaban J connectivity index is 1.65. The van der Waals surface area contributed by atoms with Crippen LogP contribution in [0, 0.1) is 17.8 Å². The molecule has 2 saturated carbocycles. The lowest BCUT2D eigenvalue weighted by Gasteiger charge is -2.24. The van der Waals surface area contributed by atoms with Gasteiger partial charge < -0.3 is 5.11 Å². The highest BCUT2D eigenvalue weighted by Crippen LogP contribution is 2.50. The molecular formula is C17H24O. The van der Waals surface area contributed by atoms with Crippen molar-refractivity contribution in [3.05, 3.63) is 35.4 Å². The smallest absolute Gasteiger partial charge is 0.0792 e. The fourth-order valence-corrected chi connectivity index (χ4v) is 4.11. The minimum atomic E-state index is -0.249. The van der Waals surface area contributed by atoms with Crippen molar-refractivity contribution >= 4 is 0 Å². The lowest BCUT2D eigenvalue weighted by Crippen LogP contribution is -2.14. The van der Waals surface area contributed by atoms with Gasteiger partial charge in [0.2, 0.25) is 0 Å². The Kier molecular flexibility index (Phi) is 3.43. The topological polar surface area (TPSA) is 20.2 Å². The molecule has 2 fully saturated rings. The van der Waals surface area contributed by atoms with E-state index >= 15 is 0 Å². The molecule has 0 radical (unpaired) electrons. The molecule has 4 atom stereocenters. The highest BCUT2D eigenvalue weighted by atomic mass is 16.3. The van der Waals surface area contributed by atoms with Gasteiger partial charge in [0, 0.05) is 0 Å². The van der Waals surface area contributed by atoms with E-state index in [0.717, 1.165) is 36.2 Å². The van der Waals surface area contributed by atoms with E-state index in [4.69, 9.17) is 0 Å². The summed E-state index contributed by atoms with van der Waals surface area (Å²) in [6, 6.07) is 8.49. The Hall–Kier alpha value is -0.820. The molecule has 1 aromatic rings. The molecule has 98 valence electrons. The van der Waals surface area contributed by atoms with Crippen LogP contribution in [0.1, 0.15) is 56.3 Å². The lowest BCUT2D eigenvalue weighted by atomic mass is 9.83. The van der Waals surface area contributed by atoms with Crippen molar-refractivity contribution in [1.29, 1.82) is 0 Å². The highest BCUT2D eigenvalue weighted by Gasteiger charge is 2.40. The third-order valence-corrected chi connectivity index (χ3v) is 5.15. The third-order valence-electron chi connectivity index (χ3n) is 5.15. The van der Waals surface area contributed by atoms with Gasteiger partial charge in [-0.2, -0.15) is 0 Å². The fourth-order valence-electron chi connectivity index (χ4n) is 4.11. The molecule has 0 aromatic heterocycles. The summed E-state index contributed by atoms with van der Waals surface area (Å²) in [6.07, 6.45) is 7.45. The summed E-state index contributed by atoms with van der Waals surface area (Å²) >= 11 is 0. The van der Waals surface area contributed by atoms with Crippen molar-refractivity contribution in [1.82, 2.24) is 0 Å². The summed E-state index contributed by atoms with van der Waals surface area (Å²) < 4.78 is 0. The first-order valence-corrected chi connectivity index (χ1v) is 7.53. The van der Waals surface area contributed by atoms with Gasteiger partial charge in [0.1, 0.15) is 0 Å². The Morgan fingerprint density at radius 1 is 1.28 bits per heavy atom. The average Bonchev–Trinajstić information content (AvgIpc) is 3.01. The van der Waals surface area contributed by atoms with E-state index in [9.17, 15) is 5.11 Å². The van der Waals surface area contributed by atoms with Gasteiger partial charge in [-0.3, -0.25) is 0 Å². The molecule has 0 saturated heterocycles. The first kappa shape index (κ1) is 12.2. The first-order chi connectivity index (χ1) is 8.76. The summed E-state index contributed by atoms with van der Waals surface area (Å²) in [5.41, 5.74) is 2.46. The summed E-state index contributed by atoms with van der Waals surface area (Å²) in [4.78, 5) is 0. The third kappa shape index (κ3) is 2.33. The van der Waals surface area contributed by atoms with Crippen LogP contribution in [0.3, 0.4) is 0 Å². The van der Waals surface area contributed by atoms with Gasteiger partial charge in [-0.1, -0.05) is 37.6 Å². The van der Waals surface area contributed by atoms with E-state index in [-0.39, 0.29) is 6.10 Å². The second-order valence-electron chi connectivity index (χ2n) is 6.29. The van der Waals surface area contributed by atoms with Crippen LogP contribution in [0.4, 0.5) is 0 Å². The number of benzene rings is 1. The predicted octanol–water partition coefficient (Wildman–Crippen LogP) is 4.11. The minimum absolute atomic E-state index is 0.249. The number of fused-ring (bicyclic) bond motifs is 2. The first-order valence-electron chi connectivity index (χ1n) is 7.53. The standard InChI is InChI=1S/C17H24O/c1-2-12-4-3-5-15(8-12)17(18)11-16-10-13-6-7-14(16)9-13/h3-5,8,13-14,16-18H,2,6-7,9-11H2,1H3. The van der Waals surface area contributed by atoms with Crippen molar-refractivity contribution in [2.75, 3.05) is 0 Å². The number of rotatable bonds is 4. The van der Waals surface area contributed by atoms with Crippen LogP contribution in [-0.2, 0) is 6.42 Å². The van der Waals surface area contributed by atoms with Gasteiger partial charge >= 0.3 is 0 Å². The summed E-state index contributed by atoms with van der Waals surface area (Å²) in [5.74, 6) is 2.68. The Bertz CT molecular complexity index is 412. The molecule has 0 aliphatic heterocycles. The van der Waals surface area contributed by atoms with E-state index in [1.165, 1.54) is 31.2 Å². The maximum absolute atomic E-state index is 10.4. The molecule has 18 heavy (non-hydrogen) atoms. The molecule has 0 amide bonds. The average molecular weight is 244 g/mol. The molecule has 1 heteroatoms. The van der Waals surface area contributed by atoms with Crippen molar-refractivity contribution in [2.24, 2.45) is 17.8 Å². The number of hydrogen-bond acceptors (Lipinski definition) is 1. The molecule has 4 unspecified atom stereocenters. The summed E-state index contributed by atoms with van der Waals surface area (Å²) in [6.45, 7) is 2.17. The maximum atomic E-state index is 10.4. The second-order valence-corrected chi connectivity index (χ2v) is 6.29. The van der Waals surface area contributed by atoms with Gasteiger partial charge in [0.05, 0.1) is 6.10 Å². The number of aryl methyl sites for hydroxylation is 1. The fraction of sp³-hybridized carbons (Fsp3) is 0.647. The molecule has 1 aromatic carbocycles. The quantitative estimate of drug-likeness (QED) is 0.845. The molecule has 0 spiro atoms. The number of hydrogen-bond donors (Lipinski definition) is 1. The normalized spacial score (nSPS) is 31.8. The molecule has 1 N–H and O–H groups in total. The van der Waals surface area contributed by atoms with Gasteiger partial charge in [0.25, 0.3) is 0 Å². The molecule has 1 nitrogen and oxygen atoms in total. The van der Waals surface area contributed by atoms with Crippen LogP contribution in [0.5, 0.6) is 0 Å². The van der Waals surface area contributed by atoms with Crippen molar-refractivity contribution < 1.29 is 5.11 Å². The molecular weight excluding hydrogens is 220 g/mol. The largest absolute Gasteiger partial charge is 0.388 e. The van der Waals surface area contributed by atoms with Crippen molar-refractivity contribution in [2.45, 2.75) is 51.6 Å². The predicted molar refractivity (Wildman–Crippen MR) is 74.3 cm³/mol. The van der Waals surface area contributed by atoms with Crippen LogP contribution in [0.15, 0.2) is 24.3 Å². The van der Waals surface area contributed by atoms with E-state index in [2.05, 4.69) is 31.2 Å². The number of aliphatic hydroxyl groups excluding tert-OH is 1. The van der Waals surface area contributed by atoms with Crippen molar-refractivity contribution in [3.63, 3.8) is 0 Å². The summed E-state index contributed by atoms with van der Waals surface area (Å²) in [7, 11) is 0. The summed E-state index contributed by atoms with van der Waals surface area (Å²) in [5, 5.41) is 10.4.